The van der Waals surface area contributed by atoms with Crippen molar-refractivity contribution in [1.29, 1.82) is 0 Å². The summed E-state index contributed by atoms with van der Waals surface area (Å²) >= 11 is 0. The number of hydrogen-bond donors (Lipinski definition) is 2. The van der Waals surface area contributed by atoms with E-state index in [1.54, 1.807) is 6.92 Å². The summed E-state index contributed by atoms with van der Waals surface area (Å²) in [7, 11) is 0. The van der Waals surface area contributed by atoms with Gasteiger partial charge in [-0.25, -0.2) is 0 Å². The van der Waals surface area contributed by atoms with Gasteiger partial charge in [-0.05, 0) is 50.9 Å². The highest BCUT2D eigenvalue weighted by atomic mass is 35.5. The fraction of sp³-hybridized carbons (Fsp3) is 0.917. The molecule has 1 amide bonds. The first-order valence-electron chi connectivity index (χ1n) is 6.14. The summed E-state index contributed by atoms with van der Waals surface area (Å²) < 4.78 is 0. The third-order valence-corrected chi connectivity index (χ3v) is 4.22. The number of hydrogen-bond acceptors (Lipinski definition) is 2. The van der Waals surface area contributed by atoms with Crippen LogP contribution in [-0.4, -0.2) is 18.0 Å². The molecule has 2 bridgehead atoms. The molecule has 3 N–H and O–H groups in total. The molecule has 2 fully saturated rings. The van der Waals surface area contributed by atoms with Crippen LogP contribution in [0, 0.1) is 17.8 Å². The third kappa shape index (κ3) is 2.69. The van der Waals surface area contributed by atoms with Gasteiger partial charge in [-0.3, -0.25) is 4.79 Å². The first kappa shape index (κ1) is 13.8. The molecule has 0 saturated heterocycles. The van der Waals surface area contributed by atoms with Crippen LogP contribution in [-0.2, 0) is 4.79 Å². The van der Waals surface area contributed by atoms with Gasteiger partial charge < -0.3 is 11.1 Å². The number of carbonyl (C=O) groups is 1. The van der Waals surface area contributed by atoms with E-state index in [-0.39, 0.29) is 24.4 Å². The van der Waals surface area contributed by atoms with Gasteiger partial charge in [-0.2, -0.15) is 0 Å². The third-order valence-electron chi connectivity index (χ3n) is 4.22. The molecule has 0 aromatic rings. The van der Waals surface area contributed by atoms with Crippen LogP contribution in [0.3, 0.4) is 0 Å². The number of rotatable bonds is 3. The number of amides is 1. The van der Waals surface area contributed by atoms with E-state index in [2.05, 4.69) is 12.2 Å². The Morgan fingerprint density at radius 3 is 2.44 bits per heavy atom. The molecule has 2 rings (SSSR count). The van der Waals surface area contributed by atoms with Crippen molar-refractivity contribution < 1.29 is 4.79 Å². The molecule has 2 aliphatic carbocycles. The van der Waals surface area contributed by atoms with E-state index in [0.29, 0.717) is 12.0 Å². The van der Waals surface area contributed by atoms with E-state index in [1.807, 2.05) is 0 Å². The van der Waals surface area contributed by atoms with E-state index in [0.717, 1.165) is 11.8 Å². The topological polar surface area (TPSA) is 55.1 Å². The summed E-state index contributed by atoms with van der Waals surface area (Å²) in [4.78, 5) is 11.5. The number of carbonyl (C=O) groups excluding carboxylic acids is 1. The smallest absolute Gasteiger partial charge is 0.236 e. The summed E-state index contributed by atoms with van der Waals surface area (Å²) in [6, 6.07) is -0.0789. The maximum atomic E-state index is 11.5. The lowest BCUT2D eigenvalue weighted by molar-refractivity contribution is -0.123. The van der Waals surface area contributed by atoms with Crippen molar-refractivity contribution in [3.05, 3.63) is 0 Å². The molecule has 94 valence electrons. The van der Waals surface area contributed by atoms with Gasteiger partial charge in [-0.1, -0.05) is 6.42 Å². The van der Waals surface area contributed by atoms with Crippen LogP contribution in [0.4, 0.5) is 0 Å². The maximum Gasteiger partial charge on any atom is 0.236 e. The van der Waals surface area contributed by atoms with Gasteiger partial charge >= 0.3 is 0 Å². The molecule has 0 radical (unpaired) electrons. The van der Waals surface area contributed by atoms with Crippen molar-refractivity contribution in [1.82, 2.24) is 5.32 Å². The first-order valence-corrected chi connectivity index (χ1v) is 6.14. The minimum Gasteiger partial charge on any atom is -0.352 e. The second-order valence-corrected chi connectivity index (χ2v) is 5.42. The van der Waals surface area contributed by atoms with Crippen molar-refractivity contribution in [3.8, 4) is 0 Å². The standard InChI is InChI=1S/C12H22N2O.ClH/c1-7(13)12(15)14-8(2)11-6-9-3-4-10(11)5-9;/h7-11H,3-6,13H2,1-2H3,(H,14,15);1H. The van der Waals surface area contributed by atoms with Gasteiger partial charge in [0.2, 0.25) is 5.91 Å². The van der Waals surface area contributed by atoms with Crippen LogP contribution < -0.4 is 11.1 Å². The minimum absolute atomic E-state index is 0. The SMILES string of the molecule is CC(N)C(=O)NC(C)C1CC2CCC1C2.Cl. The Labute approximate surface area is 104 Å². The Kier molecular flexibility index (Phi) is 4.62. The van der Waals surface area contributed by atoms with E-state index in [1.165, 1.54) is 25.7 Å². The normalized spacial score (nSPS) is 35.3. The van der Waals surface area contributed by atoms with Gasteiger partial charge in [0.05, 0.1) is 6.04 Å². The van der Waals surface area contributed by atoms with Gasteiger partial charge in [0.15, 0.2) is 0 Å². The van der Waals surface area contributed by atoms with Gasteiger partial charge in [0.1, 0.15) is 0 Å². The lowest BCUT2D eigenvalue weighted by Gasteiger charge is -2.29. The fourth-order valence-electron chi connectivity index (χ4n) is 3.37. The second kappa shape index (κ2) is 5.37. The van der Waals surface area contributed by atoms with Crippen LogP contribution in [0.5, 0.6) is 0 Å². The number of halogens is 1. The Hall–Kier alpha value is -0.280. The van der Waals surface area contributed by atoms with Crippen molar-refractivity contribution in [2.75, 3.05) is 0 Å². The molecule has 2 saturated carbocycles. The average Bonchev–Trinajstić information content (AvgIpc) is 2.78. The second-order valence-electron chi connectivity index (χ2n) is 5.42. The van der Waals surface area contributed by atoms with Crippen molar-refractivity contribution >= 4 is 18.3 Å². The summed E-state index contributed by atoms with van der Waals surface area (Å²) in [6.07, 6.45) is 5.48. The molecule has 0 heterocycles. The molecule has 2 aliphatic rings. The fourth-order valence-corrected chi connectivity index (χ4v) is 3.37. The Morgan fingerprint density at radius 2 is 2.00 bits per heavy atom. The monoisotopic (exact) mass is 246 g/mol. The van der Waals surface area contributed by atoms with E-state index < -0.39 is 0 Å². The van der Waals surface area contributed by atoms with Gasteiger partial charge in [0, 0.05) is 6.04 Å². The highest BCUT2D eigenvalue weighted by Crippen LogP contribution is 2.49. The highest BCUT2D eigenvalue weighted by molar-refractivity contribution is 5.85. The van der Waals surface area contributed by atoms with Crippen LogP contribution in [0.1, 0.15) is 39.5 Å². The van der Waals surface area contributed by atoms with Crippen molar-refractivity contribution in [3.63, 3.8) is 0 Å². The molecule has 0 aliphatic heterocycles. The van der Waals surface area contributed by atoms with Gasteiger partial charge in [-0.15, -0.1) is 12.4 Å². The highest BCUT2D eigenvalue weighted by Gasteiger charge is 2.42. The zero-order valence-electron chi connectivity index (χ0n) is 10.1. The maximum absolute atomic E-state index is 11.5. The molecule has 16 heavy (non-hydrogen) atoms. The number of fused-ring (bicyclic) bond motifs is 2. The Morgan fingerprint density at radius 1 is 1.31 bits per heavy atom. The van der Waals surface area contributed by atoms with Crippen molar-refractivity contribution in [2.24, 2.45) is 23.5 Å². The average molecular weight is 247 g/mol. The summed E-state index contributed by atoms with van der Waals surface area (Å²) in [5, 5.41) is 3.04. The molecular weight excluding hydrogens is 224 g/mol. The zero-order valence-corrected chi connectivity index (χ0v) is 10.9. The van der Waals surface area contributed by atoms with Crippen LogP contribution in [0.25, 0.3) is 0 Å². The molecule has 3 nitrogen and oxygen atoms in total. The summed E-state index contributed by atoms with van der Waals surface area (Å²) in [6.45, 7) is 3.87. The van der Waals surface area contributed by atoms with E-state index in [9.17, 15) is 4.79 Å². The zero-order chi connectivity index (χ0) is 11.0. The van der Waals surface area contributed by atoms with Crippen LogP contribution >= 0.6 is 12.4 Å². The van der Waals surface area contributed by atoms with Crippen LogP contribution in [0.15, 0.2) is 0 Å². The Bertz CT molecular complexity index is 257. The predicted octanol–water partition coefficient (Wildman–Crippen LogP) is 1.70. The molecule has 5 unspecified atom stereocenters. The van der Waals surface area contributed by atoms with E-state index >= 15 is 0 Å². The number of nitrogens with one attached hydrogen (secondary N) is 1. The molecule has 0 spiro atoms. The van der Waals surface area contributed by atoms with Gasteiger partial charge in [0.25, 0.3) is 0 Å². The lowest BCUT2D eigenvalue weighted by Crippen LogP contribution is -2.46. The molecule has 5 atom stereocenters. The quantitative estimate of drug-likeness (QED) is 0.797. The minimum atomic E-state index is -0.383. The molecule has 0 aromatic heterocycles. The first-order chi connectivity index (χ1) is 7.08. The summed E-state index contributed by atoms with van der Waals surface area (Å²) in [5.41, 5.74) is 5.55. The van der Waals surface area contributed by atoms with E-state index in [4.69, 9.17) is 5.73 Å². The van der Waals surface area contributed by atoms with Crippen molar-refractivity contribution in [2.45, 2.75) is 51.6 Å². The lowest BCUT2D eigenvalue weighted by atomic mass is 9.84. The largest absolute Gasteiger partial charge is 0.352 e. The Balaban J connectivity index is 0.00000128. The van der Waals surface area contributed by atoms with Crippen LogP contribution in [0.2, 0.25) is 0 Å². The molecule has 0 aromatic carbocycles. The molecular formula is C12H23ClN2O. The predicted molar refractivity (Wildman–Crippen MR) is 67.4 cm³/mol. The summed E-state index contributed by atoms with van der Waals surface area (Å²) in [5.74, 6) is 2.49. The molecule has 4 heteroatoms. The number of nitrogens with two attached hydrogens (primary N) is 1.